The van der Waals surface area contributed by atoms with Gasteiger partial charge in [-0.2, -0.15) is 0 Å². The van der Waals surface area contributed by atoms with E-state index in [-0.39, 0.29) is 12.5 Å². The maximum Gasteiger partial charge on any atom is 0.262 e. The molecule has 7 heteroatoms. The minimum atomic E-state index is -3.38. The highest BCUT2D eigenvalue weighted by molar-refractivity contribution is 7.92. The predicted molar refractivity (Wildman–Crippen MR) is 63.8 cm³/mol. The number of rotatable bonds is 2. The summed E-state index contributed by atoms with van der Waals surface area (Å²) < 4.78 is 30.0. The zero-order valence-corrected chi connectivity index (χ0v) is 10.2. The van der Waals surface area contributed by atoms with Crippen LogP contribution in [-0.2, 0) is 14.8 Å². The fourth-order valence-electron chi connectivity index (χ4n) is 1.62. The second kappa shape index (κ2) is 3.92. The third-order valence-electron chi connectivity index (χ3n) is 2.15. The molecule has 0 atom stereocenters. The molecule has 0 aliphatic carbocycles. The van der Waals surface area contributed by atoms with Gasteiger partial charge in [0.1, 0.15) is 0 Å². The highest BCUT2D eigenvalue weighted by Gasteiger charge is 2.21. The number of hydrogen-bond donors (Lipinski definition) is 2. The second-order valence-corrected chi connectivity index (χ2v) is 5.65. The van der Waals surface area contributed by atoms with Gasteiger partial charge in [-0.25, -0.2) is 8.42 Å². The van der Waals surface area contributed by atoms with Gasteiger partial charge in [0.25, 0.3) is 5.91 Å². The molecule has 2 N–H and O–H groups in total. The molecule has 0 unspecified atom stereocenters. The van der Waals surface area contributed by atoms with Gasteiger partial charge >= 0.3 is 0 Å². The van der Waals surface area contributed by atoms with Crippen LogP contribution in [0.15, 0.2) is 12.1 Å². The van der Waals surface area contributed by atoms with Crippen LogP contribution < -0.4 is 14.8 Å². The summed E-state index contributed by atoms with van der Waals surface area (Å²) in [5, 5.41) is 2.63. The van der Waals surface area contributed by atoms with Crippen molar-refractivity contribution in [3.8, 4) is 5.75 Å². The van der Waals surface area contributed by atoms with Crippen molar-refractivity contribution >= 4 is 27.3 Å². The van der Waals surface area contributed by atoms with Gasteiger partial charge in [-0.3, -0.25) is 9.52 Å². The van der Waals surface area contributed by atoms with Gasteiger partial charge in [-0.15, -0.1) is 0 Å². The first-order valence-electron chi connectivity index (χ1n) is 4.90. The average Bonchev–Trinajstić information content (AvgIpc) is 2.13. The van der Waals surface area contributed by atoms with Crippen molar-refractivity contribution in [2.75, 3.05) is 22.9 Å². The maximum atomic E-state index is 11.2. The average molecular weight is 256 g/mol. The molecule has 1 aromatic carbocycles. The summed E-state index contributed by atoms with van der Waals surface area (Å²) in [6.45, 7) is 1.68. The lowest BCUT2D eigenvalue weighted by atomic mass is 10.1. The molecule has 2 rings (SSSR count). The quantitative estimate of drug-likeness (QED) is 0.815. The summed E-state index contributed by atoms with van der Waals surface area (Å²) in [6, 6.07) is 3.37. The summed E-state index contributed by atoms with van der Waals surface area (Å²) in [5.74, 6) is 0.0917. The Hall–Kier alpha value is -1.76. The van der Waals surface area contributed by atoms with Gasteiger partial charge in [0.05, 0.1) is 17.6 Å². The number of ether oxygens (including phenoxy) is 1. The van der Waals surface area contributed by atoms with E-state index >= 15 is 0 Å². The van der Waals surface area contributed by atoms with Crippen LogP contribution in [-0.4, -0.2) is 27.2 Å². The Morgan fingerprint density at radius 1 is 1.41 bits per heavy atom. The van der Waals surface area contributed by atoms with Gasteiger partial charge in [0, 0.05) is 0 Å². The Morgan fingerprint density at radius 3 is 2.76 bits per heavy atom. The second-order valence-electron chi connectivity index (χ2n) is 3.90. The number of carbonyl (C=O) groups excluding carboxylic acids is 1. The van der Waals surface area contributed by atoms with Gasteiger partial charge < -0.3 is 10.1 Å². The maximum absolute atomic E-state index is 11.2. The van der Waals surface area contributed by atoms with Crippen LogP contribution in [0.4, 0.5) is 11.4 Å². The summed E-state index contributed by atoms with van der Waals surface area (Å²) in [7, 11) is -3.38. The minimum Gasteiger partial charge on any atom is -0.479 e. The number of anilines is 2. The SMILES string of the molecule is Cc1cc2c(c(NS(C)(=O)=O)c1)OCC(=O)N2. The van der Waals surface area contributed by atoms with Crippen molar-refractivity contribution in [2.45, 2.75) is 6.92 Å². The summed E-state index contributed by atoms with van der Waals surface area (Å²) >= 11 is 0. The molecular formula is C10H12N2O4S. The van der Waals surface area contributed by atoms with Crippen molar-refractivity contribution in [3.63, 3.8) is 0 Å². The highest BCUT2D eigenvalue weighted by atomic mass is 32.2. The molecule has 0 aromatic heterocycles. The van der Waals surface area contributed by atoms with Crippen molar-refractivity contribution in [1.29, 1.82) is 0 Å². The molecule has 1 heterocycles. The van der Waals surface area contributed by atoms with E-state index in [1.807, 2.05) is 0 Å². The minimum absolute atomic E-state index is 0.117. The molecule has 1 aliphatic heterocycles. The number of amides is 1. The van der Waals surface area contributed by atoms with Gasteiger partial charge in [-0.1, -0.05) is 0 Å². The Balaban J connectivity index is 2.49. The Morgan fingerprint density at radius 2 is 2.12 bits per heavy atom. The molecule has 1 amide bonds. The topological polar surface area (TPSA) is 84.5 Å². The number of benzene rings is 1. The standard InChI is InChI=1S/C10H12N2O4S/c1-6-3-7-10(16-5-9(13)11-7)8(4-6)12-17(2,14)15/h3-4,12H,5H2,1-2H3,(H,11,13). The third kappa shape index (κ3) is 2.68. The van der Waals surface area contributed by atoms with E-state index in [0.29, 0.717) is 17.1 Å². The summed E-state index contributed by atoms with van der Waals surface area (Å²) in [4.78, 5) is 11.2. The Labute approximate surface area is 99.0 Å². The van der Waals surface area contributed by atoms with Crippen LogP contribution in [0, 0.1) is 6.92 Å². The zero-order valence-electron chi connectivity index (χ0n) is 9.40. The van der Waals surface area contributed by atoms with E-state index in [0.717, 1.165) is 11.8 Å². The first-order valence-corrected chi connectivity index (χ1v) is 6.79. The fraction of sp³-hybridized carbons (Fsp3) is 0.300. The molecule has 0 fully saturated rings. The third-order valence-corrected chi connectivity index (χ3v) is 2.74. The Kier molecular flexibility index (Phi) is 2.70. The first-order chi connectivity index (χ1) is 7.85. The van der Waals surface area contributed by atoms with Crippen LogP contribution in [0.1, 0.15) is 5.56 Å². The van der Waals surface area contributed by atoms with Crippen molar-refractivity contribution < 1.29 is 17.9 Å². The van der Waals surface area contributed by atoms with Crippen LogP contribution in [0.25, 0.3) is 0 Å². The van der Waals surface area contributed by atoms with Crippen molar-refractivity contribution in [1.82, 2.24) is 0 Å². The largest absolute Gasteiger partial charge is 0.479 e. The van der Waals surface area contributed by atoms with E-state index in [4.69, 9.17) is 4.74 Å². The van der Waals surface area contributed by atoms with E-state index < -0.39 is 10.0 Å². The number of fused-ring (bicyclic) bond motifs is 1. The smallest absolute Gasteiger partial charge is 0.262 e. The molecular weight excluding hydrogens is 244 g/mol. The van der Waals surface area contributed by atoms with Gasteiger partial charge in [-0.05, 0) is 24.6 Å². The van der Waals surface area contributed by atoms with Crippen LogP contribution in [0.5, 0.6) is 5.75 Å². The lowest BCUT2D eigenvalue weighted by Crippen LogP contribution is -2.26. The summed E-state index contributed by atoms with van der Waals surface area (Å²) in [5.41, 5.74) is 1.63. The molecule has 92 valence electrons. The van der Waals surface area contributed by atoms with Crippen molar-refractivity contribution in [3.05, 3.63) is 17.7 Å². The van der Waals surface area contributed by atoms with Crippen molar-refractivity contribution in [2.24, 2.45) is 0 Å². The lowest BCUT2D eigenvalue weighted by molar-refractivity contribution is -0.118. The van der Waals surface area contributed by atoms with Crippen LogP contribution in [0.3, 0.4) is 0 Å². The predicted octanol–water partition coefficient (Wildman–Crippen LogP) is 0.697. The van der Waals surface area contributed by atoms with E-state index in [9.17, 15) is 13.2 Å². The fourth-order valence-corrected chi connectivity index (χ4v) is 2.17. The van der Waals surface area contributed by atoms with E-state index in [1.165, 1.54) is 0 Å². The van der Waals surface area contributed by atoms with Crippen LogP contribution >= 0.6 is 0 Å². The molecule has 0 saturated carbocycles. The summed E-state index contributed by atoms with van der Waals surface area (Å²) in [6.07, 6.45) is 1.06. The normalized spacial score (nSPS) is 14.6. The molecule has 1 aliphatic rings. The number of sulfonamides is 1. The van der Waals surface area contributed by atoms with Gasteiger partial charge in [0.2, 0.25) is 10.0 Å². The molecule has 0 spiro atoms. The molecule has 17 heavy (non-hydrogen) atoms. The van der Waals surface area contributed by atoms with E-state index in [2.05, 4.69) is 10.0 Å². The number of nitrogens with one attached hydrogen (secondary N) is 2. The number of aryl methyl sites for hydroxylation is 1. The molecule has 0 radical (unpaired) electrons. The highest BCUT2D eigenvalue weighted by Crippen LogP contribution is 2.37. The molecule has 1 aromatic rings. The zero-order chi connectivity index (χ0) is 12.6. The van der Waals surface area contributed by atoms with E-state index in [1.54, 1.807) is 19.1 Å². The first kappa shape index (κ1) is 11.7. The monoisotopic (exact) mass is 256 g/mol. The van der Waals surface area contributed by atoms with Gasteiger partial charge in [0.15, 0.2) is 12.4 Å². The number of hydrogen-bond acceptors (Lipinski definition) is 4. The molecule has 0 bridgehead atoms. The van der Waals surface area contributed by atoms with Crippen LogP contribution in [0.2, 0.25) is 0 Å². The number of carbonyl (C=O) groups is 1. The molecule has 0 saturated heterocycles. The Bertz CT molecular complexity index is 580. The lowest BCUT2D eigenvalue weighted by Gasteiger charge is -2.21. The molecule has 6 nitrogen and oxygen atoms in total.